The average molecular weight is 569 g/mol. The largest absolute Gasteiger partial charge is 0.490 e. The molecule has 0 aliphatic carbocycles. The zero-order valence-electron chi connectivity index (χ0n) is 22.3. The lowest BCUT2D eigenvalue weighted by Crippen LogP contribution is -2.21. The molecule has 0 saturated carbocycles. The van der Waals surface area contributed by atoms with E-state index >= 15 is 0 Å². The predicted molar refractivity (Wildman–Crippen MR) is 147 cm³/mol. The fourth-order valence-corrected chi connectivity index (χ4v) is 4.83. The van der Waals surface area contributed by atoms with Crippen LogP contribution in [-0.4, -0.2) is 28.3 Å². The molecule has 2 atom stereocenters. The first kappa shape index (κ1) is 29.2. The number of hydrogen-bond acceptors (Lipinski definition) is 6. The number of anilines is 2. The number of carbonyl (C=O) groups is 2. The molecule has 1 aliphatic heterocycles. The first-order valence-corrected chi connectivity index (χ1v) is 12.6. The number of carboxylic acid groups (broad SMARTS) is 2. The third-order valence-electron chi connectivity index (χ3n) is 6.82. The van der Waals surface area contributed by atoms with E-state index in [0.29, 0.717) is 29.1 Å². The van der Waals surface area contributed by atoms with Crippen LogP contribution in [-0.2, 0) is 11.3 Å². The molecule has 4 aromatic rings. The van der Waals surface area contributed by atoms with Gasteiger partial charge in [-0.05, 0) is 55.7 Å². The summed E-state index contributed by atoms with van der Waals surface area (Å²) >= 11 is 0. The van der Waals surface area contributed by atoms with Gasteiger partial charge in [0.15, 0.2) is 5.43 Å². The highest BCUT2D eigenvalue weighted by atomic mass is 19.4. The van der Waals surface area contributed by atoms with Crippen molar-refractivity contribution in [3.63, 3.8) is 0 Å². The van der Waals surface area contributed by atoms with Gasteiger partial charge in [0.1, 0.15) is 5.58 Å². The number of aryl methyl sites for hydroxylation is 1. The van der Waals surface area contributed by atoms with Crippen LogP contribution in [0.2, 0.25) is 0 Å². The molecule has 11 heteroatoms. The van der Waals surface area contributed by atoms with Gasteiger partial charge in [0.2, 0.25) is 5.88 Å². The predicted octanol–water partition coefficient (Wildman–Crippen LogP) is 6.69. The van der Waals surface area contributed by atoms with E-state index in [-0.39, 0.29) is 23.1 Å². The number of nitrogens with zero attached hydrogens (tertiary/aromatic N) is 1. The topological polar surface area (TPSA) is 120 Å². The molecule has 5 rings (SSSR count). The maximum atomic E-state index is 13.2. The number of alkyl halides is 3. The lowest BCUT2D eigenvalue weighted by molar-refractivity contribution is -0.192. The van der Waals surface area contributed by atoms with Crippen LogP contribution in [0.5, 0.6) is 0 Å². The van der Waals surface area contributed by atoms with Gasteiger partial charge in [0.05, 0.1) is 23.0 Å². The van der Waals surface area contributed by atoms with E-state index in [9.17, 15) is 27.9 Å². The molecule has 0 saturated heterocycles. The molecule has 41 heavy (non-hydrogen) atoms. The normalized spacial score (nSPS) is 15.1. The van der Waals surface area contributed by atoms with E-state index in [4.69, 9.17) is 14.3 Å². The first-order valence-electron chi connectivity index (χ1n) is 12.6. The zero-order valence-corrected chi connectivity index (χ0v) is 22.3. The van der Waals surface area contributed by atoms with Crippen molar-refractivity contribution < 1.29 is 37.4 Å². The number of carboxylic acids is 2. The van der Waals surface area contributed by atoms with Crippen molar-refractivity contribution in [3.05, 3.63) is 105 Å². The van der Waals surface area contributed by atoms with Gasteiger partial charge in [0.25, 0.3) is 0 Å². The lowest BCUT2D eigenvalue weighted by atomic mass is 10.0. The van der Waals surface area contributed by atoms with Crippen LogP contribution in [0.15, 0.2) is 75.9 Å². The van der Waals surface area contributed by atoms with Crippen molar-refractivity contribution in [3.8, 4) is 0 Å². The van der Waals surface area contributed by atoms with E-state index in [1.165, 1.54) is 11.1 Å². The summed E-state index contributed by atoms with van der Waals surface area (Å²) in [6.45, 7) is 6.66. The van der Waals surface area contributed by atoms with Gasteiger partial charge < -0.3 is 24.8 Å². The molecular weight excluding hydrogens is 541 g/mol. The Hall–Kier alpha value is -4.80. The summed E-state index contributed by atoms with van der Waals surface area (Å²) in [6, 6.07) is 20.2. The summed E-state index contributed by atoms with van der Waals surface area (Å²) in [5.41, 5.74) is 5.32. The smallest absolute Gasteiger partial charge is 0.478 e. The molecule has 0 amide bonds. The summed E-state index contributed by atoms with van der Waals surface area (Å²) in [5, 5.41) is 20.5. The number of fused-ring (bicyclic) bond motifs is 2. The first-order chi connectivity index (χ1) is 19.3. The third-order valence-corrected chi connectivity index (χ3v) is 6.82. The van der Waals surface area contributed by atoms with Crippen LogP contribution in [0, 0.1) is 6.92 Å². The number of aromatic carboxylic acids is 1. The number of aliphatic carboxylic acids is 1. The summed E-state index contributed by atoms with van der Waals surface area (Å²) in [6.07, 6.45) is -5.08. The van der Waals surface area contributed by atoms with Crippen LogP contribution < -0.4 is 15.6 Å². The molecule has 8 nitrogen and oxygen atoms in total. The Morgan fingerprint density at radius 1 is 1.05 bits per heavy atom. The van der Waals surface area contributed by atoms with Crippen LogP contribution in [0.3, 0.4) is 0 Å². The Morgan fingerprint density at radius 3 is 2.32 bits per heavy atom. The summed E-state index contributed by atoms with van der Waals surface area (Å²) in [5.74, 6) is -3.22. The van der Waals surface area contributed by atoms with Gasteiger partial charge in [0, 0.05) is 23.9 Å². The molecule has 214 valence electrons. The third kappa shape index (κ3) is 6.19. The fourth-order valence-electron chi connectivity index (χ4n) is 4.83. The van der Waals surface area contributed by atoms with Crippen molar-refractivity contribution >= 4 is 34.5 Å². The van der Waals surface area contributed by atoms with Gasteiger partial charge in [-0.2, -0.15) is 13.2 Å². The molecule has 3 aromatic carbocycles. The molecule has 3 N–H and O–H groups in total. The molecule has 1 aromatic heterocycles. The minimum Gasteiger partial charge on any atom is -0.478 e. The highest BCUT2D eigenvalue weighted by molar-refractivity contribution is 5.94. The number of rotatable bonds is 5. The van der Waals surface area contributed by atoms with Crippen LogP contribution >= 0.6 is 0 Å². The van der Waals surface area contributed by atoms with E-state index in [2.05, 4.69) is 29.3 Å². The van der Waals surface area contributed by atoms with Crippen molar-refractivity contribution in [1.82, 2.24) is 0 Å². The van der Waals surface area contributed by atoms with Crippen molar-refractivity contribution in [2.45, 2.75) is 45.6 Å². The maximum Gasteiger partial charge on any atom is 0.490 e. The quantitative estimate of drug-likeness (QED) is 0.244. The van der Waals surface area contributed by atoms with Crippen molar-refractivity contribution in [1.29, 1.82) is 0 Å². The Balaban J connectivity index is 0.000000493. The van der Waals surface area contributed by atoms with E-state index in [1.807, 2.05) is 38.1 Å². The standard InChI is InChI=1S/C28H26N2O4.C2HF3O2/c1-16-12-22(17(2)29-24-11-7-6-10-21(24)28(32)33)27-23(13-16)25(31)14-26(34-27)30-15-19-8-4-5-9-20(19)18(30)3;3-2(4,5)1(6)7/h4-14,17-18,29H,15H2,1-3H3,(H,32,33);(H,6,7)/t17?,18-;/m0./s1. The summed E-state index contributed by atoms with van der Waals surface area (Å²) in [4.78, 5) is 35.8. The number of para-hydroxylation sites is 1. The van der Waals surface area contributed by atoms with Gasteiger partial charge in [-0.3, -0.25) is 4.79 Å². The van der Waals surface area contributed by atoms with E-state index < -0.39 is 18.1 Å². The molecular formula is C30H27F3N2O6. The number of nitrogens with one attached hydrogen (secondary N) is 1. The van der Waals surface area contributed by atoms with E-state index in [1.54, 1.807) is 30.3 Å². The van der Waals surface area contributed by atoms with Crippen LogP contribution in [0.4, 0.5) is 24.7 Å². The van der Waals surface area contributed by atoms with Gasteiger partial charge in [-0.25, -0.2) is 9.59 Å². The summed E-state index contributed by atoms with van der Waals surface area (Å²) in [7, 11) is 0. The fraction of sp³-hybridized carbons (Fsp3) is 0.233. The Bertz CT molecular complexity index is 1680. The molecule has 0 radical (unpaired) electrons. The monoisotopic (exact) mass is 568 g/mol. The second-order valence-corrected chi connectivity index (χ2v) is 9.70. The highest BCUT2D eigenvalue weighted by Gasteiger charge is 2.38. The number of benzene rings is 3. The SMILES string of the molecule is Cc1cc(C(C)Nc2ccccc2C(=O)O)c2oc(N3Cc4ccccc4[C@@H]3C)cc(=O)c2c1.O=C(O)C(F)(F)F. The Morgan fingerprint density at radius 2 is 1.68 bits per heavy atom. The number of halogens is 3. The minimum atomic E-state index is -5.08. The van der Waals surface area contributed by atoms with Gasteiger partial charge in [-0.15, -0.1) is 0 Å². The zero-order chi connectivity index (χ0) is 30.1. The molecule has 1 aliphatic rings. The molecule has 0 spiro atoms. The average Bonchev–Trinajstić information content (AvgIpc) is 3.25. The molecule has 1 unspecified atom stereocenters. The van der Waals surface area contributed by atoms with Gasteiger partial charge in [-0.1, -0.05) is 42.5 Å². The Kier molecular flexibility index (Phi) is 8.09. The second-order valence-electron chi connectivity index (χ2n) is 9.70. The van der Waals surface area contributed by atoms with Crippen LogP contribution in [0.1, 0.15) is 58.5 Å². The molecule has 0 bridgehead atoms. The molecule has 2 heterocycles. The molecule has 0 fully saturated rings. The van der Waals surface area contributed by atoms with Crippen molar-refractivity contribution in [2.75, 3.05) is 10.2 Å². The van der Waals surface area contributed by atoms with Crippen LogP contribution in [0.25, 0.3) is 11.0 Å². The van der Waals surface area contributed by atoms with Gasteiger partial charge >= 0.3 is 18.1 Å². The highest BCUT2D eigenvalue weighted by Crippen LogP contribution is 2.38. The number of hydrogen-bond donors (Lipinski definition) is 3. The lowest BCUT2D eigenvalue weighted by Gasteiger charge is -2.24. The summed E-state index contributed by atoms with van der Waals surface area (Å²) < 4.78 is 38.2. The van der Waals surface area contributed by atoms with E-state index in [0.717, 1.165) is 11.1 Å². The maximum absolute atomic E-state index is 13.2. The van der Waals surface area contributed by atoms with Crippen molar-refractivity contribution in [2.24, 2.45) is 0 Å². The minimum absolute atomic E-state index is 0.0868. The second kappa shape index (κ2) is 11.4. The Labute approximate surface area is 232 Å².